The second kappa shape index (κ2) is 6.27. The Bertz CT molecular complexity index is 391. The van der Waals surface area contributed by atoms with Crippen molar-refractivity contribution in [2.45, 2.75) is 19.4 Å². The van der Waals surface area contributed by atoms with Gasteiger partial charge in [-0.05, 0) is 19.4 Å². The summed E-state index contributed by atoms with van der Waals surface area (Å²) in [6.07, 6.45) is 0.584. The van der Waals surface area contributed by atoms with E-state index in [2.05, 4.69) is 10.2 Å². The molecule has 1 heterocycles. The highest BCUT2D eigenvalue weighted by Crippen LogP contribution is 2.27. The van der Waals surface area contributed by atoms with Gasteiger partial charge in [-0.3, -0.25) is 4.90 Å². The van der Waals surface area contributed by atoms with E-state index in [1.165, 1.54) is 6.07 Å². The molecule has 0 aliphatic carbocycles. The maximum Gasteiger partial charge on any atom is 0.128 e. The second-order valence-corrected chi connectivity index (χ2v) is 4.84. The predicted molar refractivity (Wildman–Crippen MR) is 70.0 cm³/mol. The van der Waals surface area contributed by atoms with Gasteiger partial charge in [0.15, 0.2) is 0 Å². The van der Waals surface area contributed by atoms with Gasteiger partial charge < -0.3 is 10.4 Å². The largest absolute Gasteiger partial charge is 0.396 e. The zero-order valence-corrected chi connectivity index (χ0v) is 10.8. The van der Waals surface area contributed by atoms with Crippen molar-refractivity contribution in [3.8, 4) is 0 Å². The van der Waals surface area contributed by atoms with Gasteiger partial charge in [0, 0.05) is 44.4 Å². The molecule has 0 unspecified atom stereocenters. The minimum atomic E-state index is -0.169. The highest BCUT2D eigenvalue weighted by molar-refractivity contribution is 5.27. The molecule has 1 aliphatic rings. The molecule has 3 nitrogen and oxygen atoms in total. The number of nitrogens with zero attached hydrogens (tertiary/aromatic N) is 1. The lowest BCUT2D eigenvalue weighted by Gasteiger charge is -2.35. The van der Waals surface area contributed by atoms with E-state index < -0.39 is 0 Å². The summed E-state index contributed by atoms with van der Waals surface area (Å²) < 4.78 is 14.0. The van der Waals surface area contributed by atoms with Crippen LogP contribution in [0.2, 0.25) is 0 Å². The van der Waals surface area contributed by atoms with Gasteiger partial charge in [-0.2, -0.15) is 0 Å². The maximum absolute atomic E-state index is 14.0. The zero-order valence-electron chi connectivity index (χ0n) is 10.8. The van der Waals surface area contributed by atoms with Crippen molar-refractivity contribution < 1.29 is 9.50 Å². The fourth-order valence-electron chi connectivity index (χ4n) is 2.57. The SMILES string of the molecule is Cc1ccc(F)c([C@@H](CCO)N2CCNCC2)c1. The maximum atomic E-state index is 14.0. The van der Waals surface area contributed by atoms with Gasteiger partial charge >= 0.3 is 0 Å². The Kier molecular flexibility index (Phi) is 4.69. The average molecular weight is 252 g/mol. The molecule has 0 amide bonds. The fraction of sp³-hybridized carbons (Fsp3) is 0.571. The van der Waals surface area contributed by atoms with Crippen LogP contribution in [0.1, 0.15) is 23.6 Å². The second-order valence-electron chi connectivity index (χ2n) is 4.84. The Balaban J connectivity index is 2.24. The van der Waals surface area contributed by atoms with Crippen molar-refractivity contribution in [3.63, 3.8) is 0 Å². The van der Waals surface area contributed by atoms with Crippen molar-refractivity contribution in [2.75, 3.05) is 32.8 Å². The van der Waals surface area contributed by atoms with Gasteiger partial charge in [0.1, 0.15) is 5.82 Å². The summed E-state index contributed by atoms with van der Waals surface area (Å²) in [7, 11) is 0. The van der Waals surface area contributed by atoms with Crippen LogP contribution in [0.4, 0.5) is 4.39 Å². The number of hydrogen-bond acceptors (Lipinski definition) is 3. The third kappa shape index (κ3) is 3.07. The Morgan fingerprint density at radius 3 is 2.78 bits per heavy atom. The molecule has 1 atom stereocenters. The molecule has 0 aromatic heterocycles. The van der Waals surface area contributed by atoms with Gasteiger partial charge in [-0.25, -0.2) is 4.39 Å². The summed E-state index contributed by atoms with van der Waals surface area (Å²) in [6.45, 7) is 5.71. The number of rotatable bonds is 4. The highest BCUT2D eigenvalue weighted by atomic mass is 19.1. The lowest BCUT2D eigenvalue weighted by atomic mass is 9.99. The van der Waals surface area contributed by atoms with E-state index in [1.807, 2.05) is 13.0 Å². The number of aryl methyl sites for hydroxylation is 1. The Morgan fingerprint density at radius 2 is 2.11 bits per heavy atom. The number of benzene rings is 1. The summed E-state index contributed by atoms with van der Waals surface area (Å²) >= 11 is 0. The fourth-order valence-corrected chi connectivity index (χ4v) is 2.57. The molecule has 1 aliphatic heterocycles. The van der Waals surface area contributed by atoms with Gasteiger partial charge in [0.25, 0.3) is 0 Å². The Labute approximate surface area is 108 Å². The van der Waals surface area contributed by atoms with Crippen LogP contribution in [0.15, 0.2) is 18.2 Å². The molecule has 4 heteroatoms. The van der Waals surface area contributed by atoms with E-state index in [4.69, 9.17) is 0 Å². The summed E-state index contributed by atoms with van der Waals surface area (Å²) in [4.78, 5) is 2.25. The van der Waals surface area contributed by atoms with Gasteiger partial charge in [-0.1, -0.05) is 17.7 Å². The Morgan fingerprint density at radius 1 is 1.39 bits per heavy atom. The molecular weight excluding hydrogens is 231 g/mol. The molecule has 0 bridgehead atoms. The van der Waals surface area contributed by atoms with Gasteiger partial charge in [-0.15, -0.1) is 0 Å². The molecule has 100 valence electrons. The quantitative estimate of drug-likeness (QED) is 0.851. The first kappa shape index (κ1) is 13.5. The van der Waals surface area contributed by atoms with Crippen LogP contribution in [0.5, 0.6) is 0 Å². The summed E-state index contributed by atoms with van der Waals surface area (Å²) in [6, 6.07) is 5.19. The van der Waals surface area contributed by atoms with Crippen LogP contribution in [0, 0.1) is 12.7 Å². The first-order chi connectivity index (χ1) is 8.72. The monoisotopic (exact) mass is 252 g/mol. The molecule has 18 heavy (non-hydrogen) atoms. The molecule has 1 aromatic rings. The number of halogens is 1. The van der Waals surface area contributed by atoms with Crippen LogP contribution >= 0.6 is 0 Å². The van der Waals surface area contributed by atoms with Crippen LogP contribution < -0.4 is 5.32 Å². The van der Waals surface area contributed by atoms with Crippen LogP contribution in [0.3, 0.4) is 0 Å². The van der Waals surface area contributed by atoms with Gasteiger partial charge in [0.2, 0.25) is 0 Å². The first-order valence-electron chi connectivity index (χ1n) is 6.54. The van der Waals surface area contributed by atoms with Crippen molar-refractivity contribution in [3.05, 3.63) is 35.1 Å². The van der Waals surface area contributed by atoms with E-state index in [1.54, 1.807) is 6.07 Å². The molecule has 1 fully saturated rings. The molecule has 1 saturated heterocycles. The number of hydrogen-bond donors (Lipinski definition) is 2. The molecule has 1 aromatic carbocycles. The third-order valence-corrected chi connectivity index (χ3v) is 3.51. The predicted octanol–water partition coefficient (Wildman–Crippen LogP) is 1.46. The third-order valence-electron chi connectivity index (χ3n) is 3.51. The van der Waals surface area contributed by atoms with E-state index in [-0.39, 0.29) is 18.5 Å². The van der Waals surface area contributed by atoms with Crippen molar-refractivity contribution >= 4 is 0 Å². The first-order valence-corrected chi connectivity index (χ1v) is 6.54. The summed E-state index contributed by atoms with van der Waals surface area (Å²) in [5.41, 5.74) is 1.77. The standard InChI is InChI=1S/C14H21FN2O/c1-11-2-3-13(15)12(10-11)14(4-9-18)17-7-5-16-6-8-17/h2-3,10,14,16,18H,4-9H2,1H3/t14-/m1/s1. The summed E-state index contributed by atoms with van der Waals surface area (Å²) in [5.74, 6) is -0.169. The van der Waals surface area contributed by atoms with Crippen LogP contribution in [-0.4, -0.2) is 42.8 Å². The van der Waals surface area contributed by atoms with E-state index in [9.17, 15) is 9.50 Å². The number of nitrogens with one attached hydrogen (secondary N) is 1. The van der Waals surface area contributed by atoms with Gasteiger partial charge in [0.05, 0.1) is 0 Å². The van der Waals surface area contributed by atoms with Crippen molar-refractivity contribution in [1.29, 1.82) is 0 Å². The minimum Gasteiger partial charge on any atom is -0.396 e. The average Bonchev–Trinajstić information content (AvgIpc) is 2.40. The molecule has 0 saturated carbocycles. The topological polar surface area (TPSA) is 35.5 Å². The summed E-state index contributed by atoms with van der Waals surface area (Å²) in [5, 5.41) is 12.5. The van der Waals surface area contributed by atoms with Crippen molar-refractivity contribution in [2.24, 2.45) is 0 Å². The molecule has 0 spiro atoms. The smallest absolute Gasteiger partial charge is 0.128 e. The van der Waals surface area contributed by atoms with Crippen LogP contribution in [0.25, 0.3) is 0 Å². The van der Waals surface area contributed by atoms with E-state index >= 15 is 0 Å². The van der Waals surface area contributed by atoms with Crippen molar-refractivity contribution in [1.82, 2.24) is 10.2 Å². The normalized spacial score (nSPS) is 18.8. The van der Waals surface area contributed by atoms with E-state index in [0.717, 1.165) is 31.7 Å². The van der Waals surface area contributed by atoms with Crippen LogP contribution in [-0.2, 0) is 0 Å². The lowest BCUT2D eigenvalue weighted by molar-refractivity contribution is 0.138. The Hall–Kier alpha value is -0.970. The number of aliphatic hydroxyl groups is 1. The zero-order chi connectivity index (χ0) is 13.0. The van der Waals surface area contributed by atoms with E-state index in [0.29, 0.717) is 12.0 Å². The molecular formula is C14H21FN2O. The molecule has 2 rings (SSSR count). The minimum absolute atomic E-state index is 0.0167. The lowest BCUT2D eigenvalue weighted by Crippen LogP contribution is -2.45. The molecule has 0 radical (unpaired) electrons. The number of piperazine rings is 1. The molecule has 2 N–H and O–H groups in total. The highest BCUT2D eigenvalue weighted by Gasteiger charge is 2.24. The number of aliphatic hydroxyl groups excluding tert-OH is 1.